The number of ether oxygens (including phenoxy) is 1. The van der Waals surface area contributed by atoms with Crippen LogP contribution in [0.1, 0.15) is 6.92 Å². The maximum Gasteiger partial charge on any atom is 0.260 e. The summed E-state index contributed by atoms with van der Waals surface area (Å²) in [6.45, 7) is 5.00. The molecule has 2 N–H and O–H groups in total. The van der Waals surface area contributed by atoms with Gasteiger partial charge in [-0.15, -0.1) is 11.3 Å². The molecule has 0 aliphatic carbocycles. The number of carbonyl (C=O) groups excluding carboxylic acids is 1. The lowest BCUT2D eigenvalue weighted by atomic mass is 10.1. The number of benzene rings is 2. The van der Waals surface area contributed by atoms with E-state index in [-0.39, 0.29) is 11.5 Å². The van der Waals surface area contributed by atoms with Crippen LogP contribution in [-0.2, 0) is 9.53 Å². The van der Waals surface area contributed by atoms with Crippen LogP contribution in [0.2, 0.25) is 0 Å². The first kappa shape index (κ1) is 22.6. The third kappa shape index (κ3) is 4.86. The molecule has 1 aliphatic rings. The first-order valence-electron chi connectivity index (χ1n) is 11.1. The fraction of sp³-hybridized carbons (Fsp3) is 0.240. The molecule has 0 saturated carbocycles. The van der Waals surface area contributed by atoms with Gasteiger partial charge in [-0.25, -0.2) is 4.98 Å². The lowest BCUT2D eigenvalue weighted by molar-refractivity contribution is -0.115. The van der Waals surface area contributed by atoms with Gasteiger partial charge in [-0.2, -0.15) is 0 Å². The number of nitrogens with zero attached hydrogens (tertiary/aromatic N) is 2. The Balaban J connectivity index is 1.26. The van der Waals surface area contributed by atoms with Crippen LogP contribution in [0.25, 0.3) is 21.3 Å². The standard InChI is InChI=1S/C25H24N4O3S2/c1-16(22(30)26-18-7-9-19(10-8-18)29-11-13-32-14-12-29)34-25-27-23(31)21-20(15-33-24(21)28-25)17-5-3-2-4-6-17/h2-10,15-16H,11-14H2,1H3,(H,26,30)(H,27,28,31)/t16-/m1/s1. The molecule has 2 aromatic carbocycles. The maximum atomic E-state index is 12.8. The second-order valence-corrected chi connectivity index (χ2v) is 10.1. The molecule has 4 aromatic rings. The molecule has 5 rings (SSSR count). The fourth-order valence-electron chi connectivity index (χ4n) is 3.86. The van der Waals surface area contributed by atoms with Crippen LogP contribution >= 0.6 is 23.1 Å². The number of hydrogen-bond acceptors (Lipinski definition) is 7. The molecule has 0 radical (unpaired) electrons. The number of nitrogens with one attached hydrogen (secondary N) is 2. The van der Waals surface area contributed by atoms with Gasteiger partial charge in [0.1, 0.15) is 4.83 Å². The van der Waals surface area contributed by atoms with Gasteiger partial charge >= 0.3 is 0 Å². The van der Waals surface area contributed by atoms with E-state index in [9.17, 15) is 9.59 Å². The highest BCUT2D eigenvalue weighted by atomic mass is 32.2. The van der Waals surface area contributed by atoms with Crippen LogP contribution in [0.3, 0.4) is 0 Å². The summed E-state index contributed by atoms with van der Waals surface area (Å²) >= 11 is 2.67. The van der Waals surface area contributed by atoms with Crippen molar-refractivity contribution in [3.8, 4) is 11.1 Å². The van der Waals surface area contributed by atoms with Gasteiger partial charge in [0.05, 0.1) is 23.8 Å². The number of H-pyrrole nitrogens is 1. The maximum absolute atomic E-state index is 12.8. The Morgan fingerprint density at radius 1 is 1.15 bits per heavy atom. The average molecular weight is 493 g/mol. The van der Waals surface area contributed by atoms with Gasteiger partial charge < -0.3 is 19.9 Å². The molecule has 1 amide bonds. The Hall–Kier alpha value is -3.14. The van der Waals surface area contributed by atoms with Crippen molar-refractivity contribution < 1.29 is 9.53 Å². The lowest BCUT2D eigenvalue weighted by Crippen LogP contribution is -2.36. The zero-order chi connectivity index (χ0) is 23.5. The Kier molecular flexibility index (Phi) is 6.66. The molecule has 34 heavy (non-hydrogen) atoms. The summed E-state index contributed by atoms with van der Waals surface area (Å²) in [4.78, 5) is 36.0. The lowest BCUT2D eigenvalue weighted by Gasteiger charge is -2.28. The number of aromatic amines is 1. The molecule has 2 aromatic heterocycles. The number of amides is 1. The van der Waals surface area contributed by atoms with Crippen LogP contribution in [0.15, 0.2) is 69.9 Å². The van der Waals surface area contributed by atoms with E-state index in [2.05, 4.69) is 20.2 Å². The summed E-state index contributed by atoms with van der Waals surface area (Å²) in [6, 6.07) is 17.6. The van der Waals surface area contributed by atoms with Crippen molar-refractivity contribution in [2.45, 2.75) is 17.3 Å². The minimum Gasteiger partial charge on any atom is -0.378 e. The van der Waals surface area contributed by atoms with Gasteiger partial charge in [0.2, 0.25) is 5.91 Å². The highest BCUT2D eigenvalue weighted by Crippen LogP contribution is 2.32. The van der Waals surface area contributed by atoms with Crippen LogP contribution in [0.4, 0.5) is 11.4 Å². The van der Waals surface area contributed by atoms with Gasteiger partial charge in [0.15, 0.2) is 5.16 Å². The van der Waals surface area contributed by atoms with E-state index in [1.807, 2.05) is 60.0 Å². The Morgan fingerprint density at radius 2 is 1.88 bits per heavy atom. The van der Waals surface area contributed by atoms with Crippen LogP contribution in [0, 0.1) is 0 Å². The van der Waals surface area contributed by atoms with Gasteiger partial charge in [-0.05, 0) is 36.8 Å². The highest BCUT2D eigenvalue weighted by molar-refractivity contribution is 8.00. The number of thiophene rings is 1. The molecule has 174 valence electrons. The number of carbonyl (C=O) groups is 1. The molecule has 1 saturated heterocycles. The Labute approximate surface area is 205 Å². The summed E-state index contributed by atoms with van der Waals surface area (Å²) < 4.78 is 5.40. The number of rotatable bonds is 6. The zero-order valence-electron chi connectivity index (χ0n) is 18.6. The van der Waals surface area contributed by atoms with Crippen molar-refractivity contribution in [1.29, 1.82) is 0 Å². The summed E-state index contributed by atoms with van der Waals surface area (Å²) in [7, 11) is 0. The number of thioether (sulfide) groups is 1. The quantitative estimate of drug-likeness (QED) is 0.302. The minimum absolute atomic E-state index is 0.150. The molecule has 0 bridgehead atoms. The average Bonchev–Trinajstić information content (AvgIpc) is 3.30. The second-order valence-electron chi connectivity index (χ2n) is 7.96. The molecule has 1 fully saturated rings. The first-order valence-corrected chi connectivity index (χ1v) is 12.8. The minimum atomic E-state index is -0.437. The summed E-state index contributed by atoms with van der Waals surface area (Å²) in [5.41, 5.74) is 3.51. The molecule has 9 heteroatoms. The van der Waals surface area contributed by atoms with E-state index in [1.54, 1.807) is 6.92 Å². The van der Waals surface area contributed by atoms with Crippen molar-refractivity contribution in [1.82, 2.24) is 9.97 Å². The molecule has 1 aliphatic heterocycles. The van der Waals surface area contributed by atoms with Gasteiger partial charge in [0, 0.05) is 35.4 Å². The summed E-state index contributed by atoms with van der Waals surface area (Å²) in [5.74, 6) is -0.150. The number of hydrogen-bond donors (Lipinski definition) is 2. The highest BCUT2D eigenvalue weighted by Gasteiger charge is 2.19. The number of aromatic nitrogens is 2. The van der Waals surface area contributed by atoms with Crippen molar-refractivity contribution >= 4 is 50.6 Å². The smallest absolute Gasteiger partial charge is 0.260 e. The van der Waals surface area contributed by atoms with E-state index in [0.717, 1.165) is 48.8 Å². The predicted octanol–water partition coefficient (Wildman–Crippen LogP) is 4.61. The second kappa shape index (κ2) is 10.0. The topological polar surface area (TPSA) is 87.3 Å². The van der Waals surface area contributed by atoms with Gasteiger partial charge in [-0.1, -0.05) is 42.1 Å². The molecular weight excluding hydrogens is 468 g/mol. The first-order chi connectivity index (χ1) is 16.6. The molecule has 7 nitrogen and oxygen atoms in total. The van der Waals surface area contributed by atoms with Crippen LogP contribution < -0.4 is 15.8 Å². The molecule has 3 heterocycles. The van der Waals surface area contributed by atoms with E-state index in [4.69, 9.17) is 4.74 Å². The third-order valence-corrected chi connectivity index (χ3v) is 7.53. The number of morpholine rings is 1. The van der Waals surface area contributed by atoms with E-state index in [1.165, 1.54) is 23.1 Å². The Bertz CT molecular complexity index is 1350. The van der Waals surface area contributed by atoms with Crippen molar-refractivity contribution in [3.63, 3.8) is 0 Å². The largest absolute Gasteiger partial charge is 0.378 e. The van der Waals surface area contributed by atoms with E-state index < -0.39 is 5.25 Å². The van der Waals surface area contributed by atoms with Crippen LogP contribution in [-0.4, -0.2) is 47.4 Å². The monoisotopic (exact) mass is 492 g/mol. The number of fused-ring (bicyclic) bond motifs is 1. The SMILES string of the molecule is C[C@@H](Sc1nc2scc(-c3ccccc3)c2c(=O)[nH]1)C(=O)Nc1ccc(N2CCOCC2)cc1. The van der Waals surface area contributed by atoms with Crippen LogP contribution in [0.5, 0.6) is 0 Å². The molecule has 0 spiro atoms. The fourth-order valence-corrected chi connectivity index (χ4v) is 5.66. The zero-order valence-corrected chi connectivity index (χ0v) is 20.2. The summed E-state index contributed by atoms with van der Waals surface area (Å²) in [5, 5.41) is 5.48. The molecule has 1 atom stereocenters. The van der Waals surface area contributed by atoms with Crippen molar-refractivity contribution in [3.05, 3.63) is 70.3 Å². The predicted molar refractivity (Wildman–Crippen MR) is 139 cm³/mol. The van der Waals surface area contributed by atoms with Crippen molar-refractivity contribution in [2.24, 2.45) is 0 Å². The Morgan fingerprint density at radius 3 is 2.62 bits per heavy atom. The summed E-state index contributed by atoms with van der Waals surface area (Å²) in [6.07, 6.45) is 0. The normalized spacial score (nSPS) is 14.8. The van der Waals surface area contributed by atoms with Crippen molar-refractivity contribution in [2.75, 3.05) is 36.5 Å². The third-order valence-electron chi connectivity index (χ3n) is 5.68. The van der Waals surface area contributed by atoms with Gasteiger partial charge in [0.25, 0.3) is 5.56 Å². The molecule has 0 unspecified atom stereocenters. The number of anilines is 2. The van der Waals surface area contributed by atoms with E-state index in [0.29, 0.717) is 15.4 Å². The molecular formula is C25H24N4O3S2. The van der Waals surface area contributed by atoms with Gasteiger partial charge in [-0.3, -0.25) is 9.59 Å². The van der Waals surface area contributed by atoms with E-state index >= 15 is 0 Å².